The van der Waals surface area contributed by atoms with Gasteiger partial charge in [0.1, 0.15) is 0 Å². The molecule has 0 fully saturated rings. The summed E-state index contributed by atoms with van der Waals surface area (Å²) in [4.78, 5) is 27.5. The van der Waals surface area contributed by atoms with E-state index in [1.54, 1.807) is 13.2 Å². The topological polar surface area (TPSA) is 70.7 Å². The minimum atomic E-state index is -0.130. The van der Waals surface area contributed by atoms with Crippen molar-refractivity contribution in [3.63, 3.8) is 0 Å². The van der Waals surface area contributed by atoms with Crippen LogP contribution in [-0.2, 0) is 22.5 Å². The van der Waals surface area contributed by atoms with Crippen LogP contribution in [0.4, 0.5) is 11.4 Å². The number of rotatable bonds is 10. The summed E-state index contributed by atoms with van der Waals surface area (Å²) in [5.74, 6) is -0.150. The van der Waals surface area contributed by atoms with Gasteiger partial charge in [-0.15, -0.1) is 0 Å². The lowest BCUT2D eigenvalue weighted by Crippen LogP contribution is -2.33. The molecule has 0 radical (unpaired) electrons. The highest BCUT2D eigenvalue weighted by Crippen LogP contribution is 2.29. The summed E-state index contributed by atoms with van der Waals surface area (Å²) < 4.78 is 5.07. The van der Waals surface area contributed by atoms with E-state index in [9.17, 15) is 9.59 Å². The van der Waals surface area contributed by atoms with Crippen LogP contribution >= 0.6 is 0 Å². The van der Waals surface area contributed by atoms with Crippen LogP contribution in [0.15, 0.2) is 42.5 Å². The molecular weight excluding hydrogens is 390 g/mol. The standard InChI is InChI=1S/C25H33N3O3/c1-3-4-10-24(29)27-21-11-12-23(22(17-21)25(30)26-14-7-16-31-2)28-15-13-19-8-5-6-9-20(19)18-28/h5-6,8-9,11-12,17H,3-4,7,10,13-16,18H2,1-2H3,(H,26,30)(H,27,29). The van der Waals surface area contributed by atoms with Gasteiger partial charge in [0.25, 0.3) is 5.91 Å². The molecule has 0 spiro atoms. The summed E-state index contributed by atoms with van der Waals surface area (Å²) in [7, 11) is 1.65. The van der Waals surface area contributed by atoms with E-state index in [0.717, 1.165) is 44.5 Å². The lowest BCUT2D eigenvalue weighted by atomic mass is 9.98. The van der Waals surface area contributed by atoms with Gasteiger partial charge in [-0.2, -0.15) is 0 Å². The average molecular weight is 424 g/mol. The zero-order valence-electron chi connectivity index (χ0n) is 18.6. The SMILES string of the molecule is CCCCC(=O)Nc1ccc(N2CCc3ccccc3C2)c(C(=O)NCCCOC)c1. The van der Waals surface area contributed by atoms with Crippen molar-refractivity contribution in [2.75, 3.05) is 37.0 Å². The number of benzene rings is 2. The van der Waals surface area contributed by atoms with Crippen LogP contribution in [0.5, 0.6) is 0 Å². The van der Waals surface area contributed by atoms with E-state index in [1.165, 1.54) is 11.1 Å². The molecule has 0 bridgehead atoms. The molecule has 6 nitrogen and oxygen atoms in total. The number of fused-ring (bicyclic) bond motifs is 1. The molecule has 1 aliphatic rings. The quantitative estimate of drug-likeness (QED) is 0.564. The van der Waals surface area contributed by atoms with Crippen molar-refractivity contribution in [3.05, 3.63) is 59.2 Å². The monoisotopic (exact) mass is 423 g/mol. The van der Waals surface area contributed by atoms with Gasteiger partial charge in [-0.05, 0) is 48.6 Å². The largest absolute Gasteiger partial charge is 0.385 e. The summed E-state index contributed by atoms with van der Waals surface area (Å²) >= 11 is 0. The number of nitrogens with one attached hydrogen (secondary N) is 2. The van der Waals surface area contributed by atoms with Crippen LogP contribution in [-0.4, -0.2) is 38.6 Å². The molecule has 31 heavy (non-hydrogen) atoms. The zero-order chi connectivity index (χ0) is 22.1. The molecule has 0 saturated carbocycles. The van der Waals surface area contributed by atoms with Crippen LogP contribution in [0, 0.1) is 0 Å². The molecule has 2 N–H and O–H groups in total. The Kier molecular flexibility index (Phi) is 8.47. The lowest BCUT2D eigenvalue weighted by Gasteiger charge is -2.32. The first kappa shape index (κ1) is 22.8. The number of hydrogen-bond donors (Lipinski definition) is 2. The molecule has 166 valence electrons. The minimum absolute atomic E-state index is 0.0204. The number of carbonyl (C=O) groups is 2. The maximum Gasteiger partial charge on any atom is 0.253 e. The number of nitrogens with zero attached hydrogens (tertiary/aromatic N) is 1. The molecule has 2 amide bonds. The highest BCUT2D eigenvalue weighted by atomic mass is 16.5. The highest BCUT2D eigenvalue weighted by molar-refractivity contribution is 6.02. The Morgan fingerprint density at radius 1 is 1.10 bits per heavy atom. The number of hydrogen-bond acceptors (Lipinski definition) is 4. The summed E-state index contributed by atoms with van der Waals surface area (Å²) in [6, 6.07) is 14.1. The Bertz CT molecular complexity index is 897. The molecule has 1 aliphatic heterocycles. The van der Waals surface area contributed by atoms with Gasteiger partial charge in [-0.3, -0.25) is 9.59 Å². The van der Waals surface area contributed by atoms with Gasteiger partial charge in [0.05, 0.1) is 5.56 Å². The van der Waals surface area contributed by atoms with Crippen LogP contribution in [0.3, 0.4) is 0 Å². The molecule has 0 aliphatic carbocycles. The first-order valence-corrected chi connectivity index (χ1v) is 11.1. The predicted molar refractivity (Wildman–Crippen MR) is 125 cm³/mol. The number of unbranched alkanes of at least 4 members (excludes halogenated alkanes) is 1. The molecule has 2 aromatic rings. The normalized spacial score (nSPS) is 12.9. The van der Waals surface area contributed by atoms with Crippen molar-refractivity contribution in [1.29, 1.82) is 0 Å². The third-order valence-electron chi connectivity index (χ3n) is 5.56. The second-order valence-electron chi connectivity index (χ2n) is 7.93. The van der Waals surface area contributed by atoms with Crippen LogP contribution in [0.25, 0.3) is 0 Å². The Morgan fingerprint density at radius 2 is 1.90 bits per heavy atom. The van der Waals surface area contributed by atoms with Gasteiger partial charge in [-0.1, -0.05) is 37.6 Å². The van der Waals surface area contributed by atoms with E-state index >= 15 is 0 Å². The third-order valence-corrected chi connectivity index (χ3v) is 5.56. The molecule has 0 unspecified atom stereocenters. The van der Waals surface area contributed by atoms with Gasteiger partial charge in [0.15, 0.2) is 0 Å². The Labute approximate surface area is 185 Å². The fourth-order valence-corrected chi connectivity index (χ4v) is 3.85. The second kappa shape index (κ2) is 11.5. The van der Waals surface area contributed by atoms with Gasteiger partial charge >= 0.3 is 0 Å². The first-order valence-electron chi connectivity index (χ1n) is 11.1. The Balaban J connectivity index is 1.81. The number of ether oxygens (including phenoxy) is 1. The average Bonchev–Trinajstić information content (AvgIpc) is 2.80. The highest BCUT2D eigenvalue weighted by Gasteiger charge is 2.22. The van der Waals surface area contributed by atoms with Crippen LogP contribution in [0.1, 0.15) is 54.1 Å². The Morgan fingerprint density at radius 3 is 2.68 bits per heavy atom. The zero-order valence-corrected chi connectivity index (χ0v) is 18.6. The van der Waals surface area contributed by atoms with E-state index in [2.05, 4.69) is 46.7 Å². The minimum Gasteiger partial charge on any atom is -0.385 e. The predicted octanol–water partition coefficient (Wildman–Crippen LogP) is 4.14. The third kappa shape index (κ3) is 6.31. The van der Waals surface area contributed by atoms with E-state index in [1.807, 2.05) is 12.1 Å². The van der Waals surface area contributed by atoms with E-state index < -0.39 is 0 Å². The first-order chi connectivity index (χ1) is 15.1. The molecule has 0 atom stereocenters. The summed E-state index contributed by atoms with van der Waals surface area (Å²) in [5.41, 5.74) is 4.79. The fraction of sp³-hybridized carbons (Fsp3) is 0.440. The van der Waals surface area contributed by atoms with Gasteiger partial charge < -0.3 is 20.3 Å². The van der Waals surface area contributed by atoms with Crippen molar-refractivity contribution in [3.8, 4) is 0 Å². The number of anilines is 2. The van der Waals surface area contributed by atoms with Crippen LogP contribution < -0.4 is 15.5 Å². The van der Waals surface area contributed by atoms with Gasteiger partial charge in [-0.25, -0.2) is 0 Å². The molecule has 0 saturated heterocycles. The van der Waals surface area contributed by atoms with Crippen molar-refractivity contribution < 1.29 is 14.3 Å². The number of amides is 2. The van der Waals surface area contributed by atoms with E-state index in [-0.39, 0.29) is 11.8 Å². The number of methoxy groups -OCH3 is 1. The van der Waals surface area contributed by atoms with Crippen molar-refractivity contribution in [2.24, 2.45) is 0 Å². The Hall–Kier alpha value is -2.86. The molecule has 2 aromatic carbocycles. The van der Waals surface area contributed by atoms with Crippen molar-refractivity contribution in [1.82, 2.24) is 5.32 Å². The number of carbonyl (C=O) groups excluding carboxylic acids is 2. The summed E-state index contributed by atoms with van der Waals surface area (Å²) in [6.45, 7) is 4.82. The molecule has 1 heterocycles. The second-order valence-corrected chi connectivity index (χ2v) is 7.93. The van der Waals surface area contributed by atoms with E-state index in [0.29, 0.717) is 30.8 Å². The maximum absolute atomic E-state index is 13.0. The molecular formula is C25H33N3O3. The maximum atomic E-state index is 13.0. The van der Waals surface area contributed by atoms with Crippen molar-refractivity contribution in [2.45, 2.75) is 45.6 Å². The smallest absolute Gasteiger partial charge is 0.253 e. The molecule has 3 rings (SSSR count). The summed E-state index contributed by atoms with van der Waals surface area (Å²) in [6.07, 6.45) is 4.00. The lowest BCUT2D eigenvalue weighted by molar-refractivity contribution is -0.116. The summed E-state index contributed by atoms with van der Waals surface area (Å²) in [5, 5.41) is 5.93. The van der Waals surface area contributed by atoms with E-state index in [4.69, 9.17) is 4.74 Å². The molecule has 0 aromatic heterocycles. The molecule has 6 heteroatoms. The van der Waals surface area contributed by atoms with Gasteiger partial charge in [0, 0.05) is 51.1 Å². The van der Waals surface area contributed by atoms with Gasteiger partial charge in [0.2, 0.25) is 5.91 Å². The van der Waals surface area contributed by atoms with Crippen LogP contribution in [0.2, 0.25) is 0 Å². The van der Waals surface area contributed by atoms with Crippen molar-refractivity contribution >= 4 is 23.2 Å². The fourth-order valence-electron chi connectivity index (χ4n) is 3.85.